The Morgan fingerprint density at radius 2 is 2.20 bits per heavy atom. The van der Waals surface area contributed by atoms with Crippen LogP contribution in [0.25, 0.3) is 5.70 Å². The number of nitrogens with two attached hydrogens (primary N) is 1. The van der Waals surface area contributed by atoms with Gasteiger partial charge in [-0.3, -0.25) is 0 Å². The van der Waals surface area contributed by atoms with Gasteiger partial charge < -0.3 is 19.6 Å². The predicted molar refractivity (Wildman–Crippen MR) is 74.3 cm³/mol. The highest BCUT2D eigenvalue weighted by Gasteiger charge is 2.22. The number of allylic oxidation sites excluding steroid dienone is 1. The van der Waals surface area contributed by atoms with Crippen LogP contribution in [0.3, 0.4) is 0 Å². The van der Waals surface area contributed by atoms with Crippen LogP contribution in [0.4, 0.5) is 0 Å². The molecule has 0 spiro atoms. The zero-order chi connectivity index (χ0) is 14.1. The van der Waals surface area contributed by atoms with Gasteiger partial charge in [-0.1, -0.05) is 0 Å². The summed E-state index contributed by atoms with van der Waals surface area (Å²) >= 11 is 0. The molecule has 0 atom stereocenters. The van der Waals surface area contributed by atoms with Crippen LogP contribution in [-0.4, -0.2) is 31.8 Å². The fourth-order valence-corrected chi connectivity index (χ4v) is 2.16. The number of amidine groups is 1. The SMILES string of the molecule is CC1=C(c2ncco2)N=C(N)CN1Cc1nccn1C. The summed E-state index contributed by atoms with van der Waals surface area (Å²) in [6, 6.07) is 0. The van der Waals surface area contributed by atoms with E-state index in [0.29, 0.717) is 30.5 Å². The van der Waals surface area contributed by atoms with Gasteiger partial charge in [0.2, 0.25) is 5.89 Å². The topological polar surface area (TPSA) is 85.5 Å². The number of hydrogen-bond donors (Lipinski definition) is 1. The van der Waals surface area contributed by atoms with Crippen LogP contribution in [0.15, 0.2) is 40.0 Å². The Morgan fingerprint density at radius 3 is 2.85 bits per heavy atom. The molecule has 1 aliphatic heterocycles. The van der Waals surface area contributed by atoms with Crippen LogP contribution in [0, 0.1) is 0 Å². The van der Waals surface area contributed by atoms with Gasteiger partial charge in [-0.05, 0) is 6.92 Å². The predicted octanol–water partition coefficient (Wildman–Crippen LogP) is 0.970. The average molecular weight is 272 g/mol. The summed E-state index contributed by atoms with van der Waals surface area (Å²) in [4.78, 5) is 14.9. The summed E-state index contributed by atoms with van der Waals surface area (Å²) in [5.41, 5.74) is 7.58. The van der Waals surface area contributed by atoms with Crippen molar-refractivity contribution in [1.29, 1.82) is 0 Å². The Kier molecular flexibility index (Phi) is 3.02. The van der Waals surface area contributed by atoms with E-state index in [4.69, 9.17) is 10.2 Å². The van der Waals surface area contributed by atoms with Crippen LogP contribution in [0.2, 0.25) is 0 Å². The smallest absolute Gasteiger partial charge is 0.246 e. The van der Waals surface area contributed by atoms with E-state index in [1.807, 2.05) is 24.7 Å². The summed E-state index contributed by atoms with van der Waals surface area (Å²) < 4.78 is 7.31. The molecule has 3 heterocycles. The summed E-state index contributed by atoms with van der Waals surface area (Å²) in [7, 11) is 1.97. The van der Waals surface area contributed by atoms with Gasteiger partial charge in [0.15, 0.2) is 0 Å². The van der Waals surface area contributed by atoms with E-state index in [0.717, 1.165) is 11.5 Å². The molecule has 0 bridgehead atoms. The van der Waals surface area contributed by atoms with Crippen molar-refractivity contribution >= 4 is 11.5 Å². The Labute approximate surface area is 116 Å². The van der Waals surface area contributed by atoms with Crippen molar-refractivity contribution in [3.05, 3.63) is 42.3 Å². The minimum Gasteiger partial charge on any atom is -0.443 e. The Balaban J connectivity index is 1.93. The van der Waals surface area contributed by atoms with Gasteiger partial charge in [-0.25, -0.2) is 15.0 Å². The van der Waals surface area contributed by atoms with Crippen molar-refractivity contribution in [2.24, 2.45) is 17.8 Å². The molecule has 0 radical (unpaired) electrons. The molecule has 0 unspecified atom stereocenters. The van der Waals surface area contributed by atoms with Crippen molar-refractivity contribution < 1.29 is 4.42 Å². The maximum Gasteiger partial charge on any atom is 0.246 e. The number of aromatic nitrogens is 3. The largest absolute Gasteiger partial charge is 0.443 e. The molecule has 0 amide bonds. The van der Waals surface area contributed by atoms with Gasteiger partial charge in [-0.2, -0.15) is 0 Å². The lowest BCUT2D eigenvalue weighted by Gasteiger charge is -2.28. The first-order valence-corrected chi connectivity index (χ1v) is 6.30. The minimum absolute atomic E-state index is 0.481. The first-order valence-electron chi connectivity index (χ1n) is 6.30. The molecular weight excluding hydrogens is 256 g/mol. The van der Waals surface area contributed by atoms with Gasteiger partial charge in [0.1, 0.15) is 23.6 Å². The molecule has 2 aromatic rings. The van der Waals surface area contributed by atoms with E-state index in [-0.39, 0.29) is 0 Å². The van der Waals surface area contributed by atoms with Crippen LogP contribution >= 0.6 is 0 Å². The van der Waals surface area contributed by atoms with Crippen LogP contribution in [0.1, 0.15) is 18.6 Å². The number of oxazole rings is 1. The Bertz CT molecular complexity index is 667. The Morgan fingerprint density at radius 1 is 1.35 bits per heavy atom. The molecule has 3 rings (SSSR count). The van der Waals surface area contributed by atoms with Gasteiger partial charge in [0, 0.05) is 25.1 Å². The number of hydrogen-bond acceptors (Lipinski definition) is 6. The van der Waals surface area contributed by atoms with Crippen molar-refractivity contribution in [3.63, 3.8) is 0 Å². The fourth-order valence-electron chi connectivity index (χ4n) is 2.16. The van der Waals surface area contributed by atoms with E-state index in [9.17, 15) is 0 Å². The monoisotopic (exact) mass is 272 g/mol. The molecule has 0 saturated heterocycles. The molecule has 104 valence electrons. The zero-order valence-corrected chi connectivity index (χ0v) is 11.4. The molecule has 0 aliphatic carbocycles. The first-order chi connectivity index (χ1) is 9.65. The zero-order valence-electron chi connectivity index (χ0n) is 11.4. The highest BCUT2D eigenvalue weighted by atomic mass is 16.3. The van der Waals surface area contributed by atoms with E-state index >= 15 is 0 Å². The molecule has 0 aromatic carbocycles. The van der Waals surface area contributed by atoms with Gasteiger partial charge in [0.05, 0.1) is 19.3 Å². The maximum absolute atomic E-state index is 5.93. The second kappa shape index (κ2) is 4.84. The lowest BCUT2D eigenvalue weighted by atomic mass is 10.2. The third-order valence-corrected chi connectivity index (χ3v) is 3.31. The van der Waals surface area contributed by atoms with Crippen molar-refractivity contribution in [1.82, 2.24) is 19.4 Å². The summed E-state index contributed by atoms with van der Waals surface area (Å²) in [5.74, 6) is 1.99. The molecular formula is C13H16N6O. The van der Waals surface area contributed by atoms with Crippen LogP contribution in [-0.2, 0) is 13.6 Å². The molecule has 20 heavy (non-hydrogen) atoms. The molecule has 2 N–H and O–H groups in total. The lowest BCUT2D eigenvalue weighted by Crippen LogP contribution is -2.36. The molecule has 0 fully saturated rings. The highest BCUT2D eigenvalue weighted by molar-refractivity contribution is 5.90. The number of nitrogens with zero attached hydrogens (tertiary/aromatic N) is 5. The van der Waals surface area contributed by atoms with Gasteiger partial charge >= 0.3 is 0 Å². The molecule has 0 saturated carbocycles. The third kappa shape index (κ3) is 2.18. The van der Waals surface area contributed by atoms with Gasteiger partial charge in [-0.15, -0.1) is 0 Å². The fraction of sp³-hybridized carbons (Fsp3) is 0.308. The van der Waals surface area contributed by atoms with E-state index < -0.39 is 0 Å². The highest BCUT2D eigenvalue weighted by Crippen LogP contribution is 2.25. The van der Waals surface area contributed by atoms with Crippen molar-refractivity contribution in [2.75, 3.05) is 6.54 Å². The van der Waals surface area contributed by atoms with Crippen LogP contribution < -0.4 is 5.73 Å². The summed E-state index contributed by atoms with van der Waals surface area (Å²) in [6.07, 6.45) is 6.83. The number of imidazole rings is 1. The van der Waals surface area contributed by atoms with Crippen molar-refractivity contribution in [3.8, 4) is 0 Å². The normalized spacial score (nSPS) is 15.7. The van der Waals surface area contributed by atoms with E-state index in [2.05, 4.69) is 19.9 Å². The molecule has 7 nitrogen and oxygen atoms in total. The minimum atomic E-state index is 0.481. The Hall–Kier alpha value is -2.57. The van der Waals surface area contributed by atoms with Crippen LogP contribution in [0.5, 0.6) is 0 Å². The second-order valence-corrected chi connectivity index (χ2v) is 4.68. The number of aliphatic imine (C=N–C) groups is 1. The lowest BCUT2D eigenvalue weighted by molar-refractivity contribution is 0.363. The van der Waals surface area contributed by atoms with E-state index in [1.165, 1.54) is 6.26 Å². The average Bonchev–Trinajstić information content (AvgIpc) is 3.06. The number of rotatable bonds is 3. The molecule has 7 heteroatoms. The third-order valence-electron chi connectivity index (χ3n) is 3.31. The second-order valence-electron chi connectivity index (χ2n) is 4.68. The quantitative estimate of drug-likeness (QED) is 0.899. The van der Waals surface area contributed by atoms with Gasteiger partial charge in [0.25, 0.3) is 0 Å². The number of aryl methyl sites for hydroxylation is 1. The standard InChI is InChI=1S/C13H16N6O/c1-9-12(13-16-4-6-20-13)17-10(14)7-19(9)8-11-15-3-5-18(11)2/h3-6H,7-8H2,1-2H3,(H2,14,17). The molecule has 2 aromatic heterocycles. The van der Waals surface area contributed by atoms with Crippen molar-refractivity contribution in [2.45, 2.75) is 13.5 Å². The maximum atomic E-state index is 5.93. The summed E-state index contributed by atoms with van der Waals surface area (Å²) in [6.45, 7) is 3.22. The van der Waals surface area contributed by atoms with E-state index in [1.54, 1.807) is 12.4 Å². The first kappa shape index (κ1) is 12.5. The molecule has 1 aliphatic rings. The summed E-state index contributed by atoms with van der Waals surface area (Å²) in [5, 5.41) is 0.